The first-order chi connectivity index (χ1) is 8.59. The maximum atomic E-state index is 12.5. The van der Waals surface area contributed by atoms with Gasteiger partial charge in [-0.3, -0.25) is 4.79 Å². The van der Waals surface area contributed by atoms with Crippen LogP contribution in [0.4, 0.5) is 0 Å². The maximum absolute atomic E-state index is 12.5. The van der Waals surface area contributed by atoms with Crippen molar-refractivity contribution in [3.8, 4) is 0 Å². The fraction of sp³-hybridized carbons (Fsp3) is 0.933. The van der Waals surface area contributed by atoms with Crippen molar-refractivity contribution in [2.45, 2.75) is 52.5 Å². The van der Waals surface area contributed by atoms with Gasteiger partial charge in [0.15, 0.2) is 0 Å². The summed E-state index contributed by atoms with van der Waals surface area (Å²) in [5, 5.41) is 3.38. The van der Waals surface area contributed by atoms with E-state index >= 15 is 0 Å². The molecule has 1 N–H and O–H groups in total. The van der Waals surface area contributed by atoms with Crippen LogP contribution < -0.4 is 5.32 Å². The van der Waals surface area contributed by atoms with E-state index in [1.54, 1.807) is 0 Å². The molecule has 3 heteroatoms. The third-order valence-electron chi connectivity index (χ3n) is 4.87. The Morgan fingerprint density at radius 1 is 1.22 bits per heavy atom. The molecule has 0 aromatic heterocycles. The number of rotatable bonds is 2. The number of carbonyl (C=O) groups excluding carboxylic acids is 1. The first-order valence-electron chi connectivity index (χ1n) is 7.61. The number of nitrogens with zero attached hydrogens (tertiary/aromatic N) is 1. The highest BCUT2D eigenvalue weighted by molar-refractivity contribution is 5.80. The summed E-state index contributed by atoms with van der Waals surface area (Å²) in [6, 6.07) is 0.363. The van der Waals surface area contributed by atoms with Gasteiger partial charge in [-0.15, -0.1) is 0 Å². The molecule has 0 aromatic rings. The molecule has 3 atom stereocenters. The van der Waals surface area contributed by atoms with Crippen molar-refractivity contribution >= 4 is 5.91 Å². The molecule has 3 unspecified atom stereocenters. The van der Waals surface area contributed by atoms with Gasteiger partial charge in [-0.05, 0) is 51.0 Å². The predicted octanol–water partition coefficient (Wildman–Crippen LogP) is 2.27. The number of likely N-dealkylation sites (tertiary alicyclic amines) is 1. The zero-order chi connectivity index (χ0) is 13.1. The average molecular weight is 252 g/mol. The average Bonchev–Trinajstić information content (AvgIpc) is 2.63. The molecular formula is C15H28N2O. The van der Waals surface area contributed by atoms with Crippen molar-refractivity contribution in [3.63, 3.8) is 0 Å². The summed E-state index contributed by atoms with van der Waals surface area (Å²) in [5.41, 5.74) is 0. The Kier molecular flexibility index (Phi) is 4.66. The second-order valence-corrected chi connectivity index (χ2v) is 6.40. The molecular weight excluding hydrogens is 224 g/mol. The summed E-state index contributed by atoms with van der Waals surface area (Å²) in [6.07, 6.45) is 4.69. The van der Waals surface area contributed by atoms with E-state index < -0.39 is 0 Å². The minimum atomic E-state index is 0.223. The molecule has 2 rings (SSSR count). The van der Waals surface area contributed by atoms with Gasteiger partial charge >= 0.3 is 0 Å². The Labute approximate surface area is 111 Å². The highest BCUT2D eigenvalue weighted by Crippen LogP contribution is 2.26. The standard InChI is InChI=1S/C15H28N2O/c1-11(2)13-5-4-9-17(10-7-13)15(18)14-6-8-16-12(14)3/h11-14,16H,4-10H2,1-3H3. The van der Waals surface area contributed by atoms with Crippen LogP contribution in [0.25, 0.3) is 0 Å². The first kappa shape index (κ1) is 13.9. The minimum absolute atomic E-state index is 0.223. The lowest BCUT2D eigenvalue weighted by molar-refractivity contribution is -0.135. The quantitative estimate of drug-likeness (QED) is 0.817. The van der Waals surface area contributed by atoms with Gasteiger partial charge in [0.1, 0.15) is 0 Å². The van der Waals surface area contributed by atoms with Crippen LogP contribution in [-0.2, 0) is 4.79 Å². The van der Waals surface area contributed by atoms with Crippen LogP contribution in [0.1, 0.15) is 46.5 Å². The van der Waals surface area contributed by atoms with Crippen LogP contribution in [0.2, 0.25) is 0 Å². The molecule has 2 fully saturated rings. The lowest BCUT2D eigenvalue weighted by Gasteiger charge is -2.26. The van der Waals surface area contributed by atoms with E-state index in [2.05, 4.69) is 31.0 Å². The number of hydrogen-bond donors (Lipinski definition) is 1. The van der Waals surface area contributed by atoms with Crippen molar-refractivity contribution < 1.29 is 4.79 Å². The second-order valence-electron chi connectivity index (χ2n) is 6.40. The molecule has 3 nitrogen and oxygen atoms in total. The monoisotopic (exact) mass is 252 g/mol. The van der Waals surface area contributed by atoms with Crippen molar-refractivity contribution in [1.29, 1.82) is 0 Å². The Balaban J connectivity index is 1.91. The van der Waals surface area contributed by atoms with Gasteiger partial charge in [0.25, 0.3) is 0 Å². The SMILES string of the molecule is CC(C)C1CCCN(C(=O)C2CCNC2C)CC1. The molecule has 2 aliphatic heterocycles. The number of carbonyl (C=O) groups is 1. The summed E-state index contributed by atoms with van der Waals surface area (Å²) in [7, 11) is 0. The predicted molar refractivity (Wildman–Crippen MR) is 74.3 cm³/mol. The molecule has 0 spiro atoms. The molecule has 0 aromatic carbocycles. The topological polar surface area (TPSA) is 32.3 Å². The molecule has 1 amide bonds. The minimum Gasteiger partial charge on any atom is -0.342 e. The van der Waals surface area contributed by atoms with Gasteiger partial charge in [-0.1, -0.05) is 13.8 Å². The van der Waals surface area contributed by atoms with Crippen LogP contribution in [-0.4, -0.2) is 36.5 Å². The summed E-state index contributed by atoms with van der Waals surface area (Å²) in [4.78, 5) is 14.7. The Bertz CT molecular complexity index is 290. The van der Waals surface area contributed by atoms with Crippen LogP contribution in [0.3, 0.4) is 0 Å². The Morgan fingerprint density at radius 3 is 2.61 bits per heavy atom. The van der Waals surface area contributed by atoms with Crippen molar-refractivity contribution in [3.05, 3.63) is 0 Å². The van der Waals surface area contributed by atoms with E-state index in [4.69, 9.17) is 0 Å². The van der Waals surface area contributed by atoms with Crippen LogP contribution >= 0.6 is 0 Å². The fourth-order valence-electron chi connectivity index (χ4n) is 3.44. The zero-order valence-electron chi connectivity index (χ0n) is 12.1. The van der Waals surface area contributed by atoms with Crippen LogP contribution in [0.15, 0.2) is 0 Å². The van der Waals surface area contributed by atoms with E-state index in [-0.39, 0.29) is 5.92 Å². The highest BCUT2D eigenvalue weighted by atomic mass is 16.2. The smallest absolute Gasteiger partial charge is 0.227 e. The Morgan fingerprint density at radius 2 is 2.00 bits per heavy atom. The summed E-state index contributed by atoms with van der Waals surface area (Å²) in [5.74, 6) is 2.19. The summed E-state index contributed by atoms with van der Waals surface area (Å²) >= 11 is 0. The maximum Gasteiger partial charge on any atom is 0.227 e. The van der Waals surface area contributed by atoms with E-state index in [0.717, 1.165) is 37.9 Å². The Hall–Kier alpha value is -0.570. The van der Waals surface area contributed by atoms with Gasteiger partial charge in [0, 0.05) is 19.1 Å². The molecule has 104 valence electrons. The van der Waals surface area contributed by atoms with E-state index in [9.17, 15) is 4.79 Å². The lowest BCUT2D eigenvalue weighted by atomic mass is 9.89. The number of amides is 1. The lowest BCUT2D eigenvalue weighted by Crippen LogP contribution is -2.40. The largest absolute Gasteiger partial charge is 0.342 e. The van der Waals surface area contributed by atoms with E-state index in [1.807, 2.05) is 0 Å². The molecule has 0 aliphatic carbocycles. The van der Waals surface area contributed by atoms with Crippen molar-refractivity contribution in [2.75, 3.05) is 19.6 Å². The zero-order valence-corrected chi connectivity index (χ0v) is 12.1. The van der Waals surface area contributed by atoms with Crippen molar-refractivity contribution in [1.82, 2.24) is 10.2 Å². The molecule has 0 saturated carbocycles. The van der Waals surface area contributed by atoms with Gasteiger partial charge in [-0.25, -0.2) is 0 Å². The second kappa shape index (κ2) is 6.05. The van der Waals surface area contributed by atoms with Gasteiger partial charge < -0.3 is 10.2 Å². The van der Waals surface area contributed by atoms with Crippen LogP contribution in [0.5, 0.6) is 0 Å². The molecule has 2 heterocycles. The van der Waals surface area contributed by atoms with Gasteiger partial charge in [0.2, 0.25) is 5.91 Å². The van der Waals surface area contributed by atoms with E-state index in [1.165, 1.54) is 19.3 Å². The van der Waals surface area contributed by atoms with Gasteiger partial charge in [0.05, 0.1) is 5.92 Å². The molecule has 18 heavy (non-hydrogen) atoms. The third kappa shape index (κ3) is 3.05. The summed E-state index contributed by atoms with van der Waals surface area (Å²) < 4.78 is 0. The highest BCUT2D eigenvalue weighted by Gasteiger charge is 2.33. The normalized spacial score (nSPS) is 33.8. The molecule has 0 bridgehead atoms. The fourth-order valence-corrected chi connectivity index (χ4v) is 3.44. The van der Waals surface area contributed by atoms with E-state index in [0.29, 0.717) is 11.9 Å². The number of nitrogens with one attached hydrogen (secondary N) is 1. The molecule has 2 aliphatic rings. The molecule has 0 radical (unpaired) electrons. The third-order valence-corrected chi connectivity index (χ3v) is 4.87. The first-order valence-corrected chi connectivity index (χ1v) is 7.61. The van der Waals surface area contributed by atoms with Crippen molar-refractivity contribution in [2.24, 2.45) is 17.8 Å². The summed E-state index contributed by atoms with van der Waals surface area (Å²) in [6.45, 7) is 9.72. The van der Waals surface area contributed by atoms with Gasteiger partial charge in [-0.2, -0.15) is 0 Å². The molecule has 2 saturated heterocycles. The van der Waals surface area contributed by atoms with Crippen LogP contribution in [0, 0.1) is 17.8 Å². The number of hydrogen-bond acceptors (Lipinski definition) is 2.